The van der Waals surface area contributed by atoms with Crippen LogP contribution in [0.25, 0.3) is 4.96 Å². The number of aromatic nitrogens is 3. The Balaban J connectivity index is 1.81. The zero-order valence-corrected chi connectivity index (χ0v) is 15.4. The van der Waals surface area contributed by atoms with Crippen molar-refractivity contribution in [1.29, 1.82) is 0 Å². The minimum atomic E-state index is -0.0390. The highest BCUT2D eigenvalue weighted by atomic mass is 32.1. The molecule has 0 radical (unpaired) electrons. The van der Waals surface area contributed by atoms with Gasteiger partial charge in [-0.3, -0.25) is 4.90 Å². The number of benzene rings is 1. The van der Waals surface area contributed by atoms with Gasteiger partial charge in [0.05, 0.1) is 23.1 Å². The Kier molecular flexibility index (Phi) is 4.23. The summed E-state index contributed by atoms with van der Waals surface area (Å²) < 4.78 is 7.41. The Morgan fingerprint density at radius 1 is 1.20 bits per heavy atom. The summed E-state index contributed by atoms with van der Waals surface area (Å²) in [7, 11) is 0. The minimum absolute atomic E-state index is 0.0390. The lowest BCUT2D eigenvalue weighted by atomic mass is 10.0. The zero-order valence-electron chi connectivity index (χ0n) is 14.6. The summed E-state index contributed by atoms with van der Waals surface area (Å²) in [6, 6.07) is 8.47. The first-order valence-corrected chi connectivity index (χ1v) is 9.32. The molecule has 3 aromatic rings. The Labute approximate surface area is 150 Å². The van der Waals surface area contributed by atoms with E-state index in [4.69, 9.17) is 4.74 Å². The number of hydrogen-bond donors (Lipinski definition) is 1. The maximum Gasteiger partial charge on any atom is 0.230 e. The van der Waals surface area contributed by atoms with E-state index in [2.05, 4.69) is 60.0 Å². The van der Waals surface area contributed by atoms with Crippen LogP contribution in [0.5, 0.6) is 5.88 Å². The average molecular weight is 358 g/mol. The largest absolute Gasteiger partial charge is 0.492 e. The highest BCUT2D eigenvalue weighted by Crippen LogP contribution is 2.40. The van der Waals surface area contributed by atoms with Gasteiger partial charge in [-0.2, -0.15) is 9.61 Å². The molecule has 0 unspecified atom stereocenters. The summed E-state index contributed by atoms with van der Waals surface area (Å²) in [5.74, 6) is 0.176. The van der Waals surface area contributed by atoms with Crippen molar-refractivity contribution in [2.75, 3.05) is 13.1 Å². The molecule has 1 aliphatic heterocycles. The minimum Gasteiger partial charge on any atom is -0.492 e. The van der Waals surface area contributed by atoms with E-state index in [1.54, 1.807) is 0 Å². The van der Waals surface area contributed by atoms with E-state index in [9.17, 15) is 5.11 Å². The molecule has 2 aromatic heterocycles. The van der Waals surface area contributed by atoms with Crippen molar-refractivity contribution in [1.82, 2.24) is 19.5 Å². The van der Waals surface area contributed by atoms with Gasteiger partial charge in [-0.25, -0.2) is 4.98 Å². The van der Waals surface area contributed by atoms with E-state index in [0.717, 1.165) is 23.5 Å². The van der Waals surface area contributed by atoms with E-state index in [1.165, 1.54) is 27.7 Å². The molecule has 1 aromatic carbocycles. The number of thiazole rings is 1. The van der Waals surface area contributed by atoms with Crippen molar-refractivity contribution < 1.29 is 9.84 Å². The van der Waals surface area contributed by atoms with Crippen LogP contribution in [0, 0.1) is 6.92 Å². The predicted molar refractivity (Wildman–Crippen MR) is 97.1 cm³/mol. The van der Waals surface area contributed by atoms with Crippen molar-refractivity contribution in [3.63, 3.8) is 0 Å². The Morgan fingerprint density at radius 3 is 2.52 bits per heavy atom. The highest BCUT2D eigenvalue weighted by molar-refractivity contribution is 7.17. The quantitative estimate of drug-likeness (QED) is 0.780. The van der Waals surface area contributed by atoms with Crippen LogP contribution in [0.15, 0.2) is 30.6 Å². The van der Waals surface area contributed by atoms with Crippen LogP contribution >= 0.6 is 11.3 Å². The molecular formula is C18H22N4O2S. The fourth-order valence-corrected chi connectivity index (χ4v) is 4.67. The number of morpholine rings is 1. The Hall–Kier alpha value is -1.96. The molecule has 132 valence electrons. The molecule has 1 saturated heterocycles. The number of aromatic hydroxyl groups is 1. The Bertz CT molecular complexity index is 863. The van der Waals surface area contributed by atoms with Crippen LogP contribution in [0.1, 0.15) is 35.9 Å². The number of ether oxygens (including phenoxy) is 1. The molecule has 7 heteroatoms. The van der Waals surface area contributed by atoms with Crippen molar-refractivity contribution in [2.24, 2.45) is 0 Å². The van der Waals surface area contributed by atoms with Crippen molar-refractivity contribution in [2.45, 2.75) is 39.0 Å². The maximum atomic E-state index is 10.7. The topological polar surface area (TPSA) is 62.9 Å². The van der Waals surface area contributed by atoms with Gasteiger partial charge in [-0.05, 0) is 26.3 Å². The van der Waals surface area contributed by atoms with Crippen LogP contribution in [0.4, 0.5) is 0 Å². The molecule has 25 heavy (non-hydrogen) atoms. The SMILES string of the molecule is Cc1ccc([C@@H](c2sc3ncnn3c2O)N2C[C@@H](C)O[C@H](C)C2)cc1. The van der Waals surface area contributed by atoms with E-state index in [1.807, 2.05) is 0 Å². The first-order valence-electron chi connectivity index (χ1n) is 8.50. The van der Waals surface area contributed by atoms with E-state index in [0.29, 0.717) is 4.96 Å². The second-order valence-corrected chi connectivity index (χ2v) is 7.78. The number of hydrogen-bond acceptors (Lipinski definition) is 6. The van der Waals surface area contributed by atoms with Crippen molar-refractivity contribution in [3.8, 4) is 5.88 Å². The molecule has 1 fully saturated rings. The fourth-order valence-electron chi connectivity index (χ4n) is 3.58. The molecule has 1 aliphatic rings. The second kappa shape index (κ2) is 6.40. The van der Waals surface area contributed by atoms with E-state index in [-0.39, 0.29) is 24.1 Å². The van der Waals surface area contributed by atoms with Gasteiger partial charge >= 0.3 is 0 Å². The third-order valence-corrected chi connectivity index (χ3v) is 5.68. The van der Waals surface area contributed by atoms with Gasteiger partial charge in [0.25, 0.3) is 0 Å². The molecule has 0 saturated carbocycles. The first-order chi connectivity index (χ1) is 12.0. The average Bonchev–Trinajstić information content (AvgIpc) is 3.13. The Morgan fingerprint density at radius 2 is 1.88 bits per heavy atom. The maximum absolute atomic E-state index is 10.7. The third kappa shape index (κ3) is 3.03. The van der Waals surface area contributed by atoms with E-state index >= 15 is 0 Å². The third-order valence-electron chi connectivity index (χ3n) is 4.59. The predicted octanol–water partition coefficient (Wildman–Crippen LogP) is 3.00. The van der Waals surface area contributed by atoms with Gasteiger partial charge in [0.1, 0.15) is 6.33 Å². The lowest BCUT2D eigenvalue weighted by Gasteiger charge is -2.40. The standard InChI is InChI=1S/C18H22N4O2S/c1-11-4-6-14(7-5-11)15(21-8-12(2)24-13(3)9-21)16-17(23)22-18(25-16)19-10-20-22/h4-7,10,12-13,15,23H,8-9H2,1-3H3/t12-,13-,15+/m1/s1. The first kappa shape index (κ1) is 16.5. The number of rotatable bonds is 3. The number of aryl methyl sites for hydroxylation is 1. The van der Waals surface area contributed by atoms with Gasteiger partial charge in [0, 0.05) is 13.1 Å². The molecule has 4 rings (SSSR count). The smallest absolute Gasteiger partial charge is 0.230 e. The zero-order chi connectivity index (χ0) is 17.6. The molecule has 0 bridgehead atoms. The molecule has 3 heterocycles. The summed E-state index contributed by atoms with van der Waals surface area (Å²) in [5.41, 5.74) is 2.38. The van der Waals surface area contributed by atoms with E-state index < -0.39 is 0 Å². The van der Waals surface area contributed by atoms with Crippen LogP contribution in [-0.2, 0) is 4.74 Å². The number of nitrogens with zero attached hydrogens (tertiary/aromatic N) is 4. The lowest BCUT2D eigenvalue weighted by molar-refractivity contribution is -0.0764. The molecule has 3 atom stereocenters. The van der Waals surface area contributed by atoms with Gasteiger partial charge in [0.15, 0.2) is 0 Å². The number of fused-ring (bicyclic) bond motifs is 1. The molecule has 1 N–H and O–H groups in total. The van der Waals surface area contributed by atoms with Gasteiger partial charge in [0.2, 0.25) is 10.8 Å². The van der Waals surface area contributed by atoms with Crippen LogP contribution < -0.4 is 0 Å². The summed E-state index contributed by atoms with van der Waals surface area (Å²) in [6.45, 7) is 7.90. The van der Waals surface area contributed by atoms with Gasteiger partial charge in [-0.15, -0.1) is 0 Å². The highest BCUT2D eigenvalue weighted by Gasteiger charge is 2.33. The van der Waals surface area contributed by atoms with Gasteiger partial charge in [-0.1, -0.05) is 41.2 Å². The lowest BCUT2D eigenvalue weighted by Crippen LogP contribution is -2.47. The molecule has 0 amide bonds. The fraction of sp³-hybridized carbons (Fsp3) is 0.444. The monoisotopic (exact) mass is 358 g/mol. The van der Waals surface area contributed by atoms with Crippen molar-refractivity contribution >= 4 is 16.3 Å². The summed E-state index contributed by atoms with van der Waals surface area (Å²) in [6.07, 6.45) is 1.77. The van der Waals surface area contributed by atoms with Gasteiger partial charge < -0.3 is 9.84 Å². The summed E-state index contributed by atoms with van der Waals surface area (Å²) >= 11 is 1.49. The summed E-state index contributed by atoms with van der Waals surface area (Å²) in [4.78, 5) is 8.20. The molecule has 6 nitrogen and oxygen atoms in total. The van der Waals surface area contributed by atoms with Crippen molar-refractivity contribution in [3.05, 3.63) is 46.6 Å². The van der Waals surface area contributed by atoms with Crippen LogP contribution in [0.3, 0.4) is 0 Å². The normalized spacial score (nSPS) is 23.2. The second-order valence-electron chi connectivity index (χ2n) is 6.77. The molecule has 0 aliphatic carbocycles. The van der Waals surface area contributed by atoms with Crippen LogP contribution in [0.2, 0.25) is 0 Å². The summed E-state index contributed by atoms with van der Waals surface area (Å²) in [5, 5.41) is 14.9. The molecular weight excluding hydrogens is 336 g/mol. The molecule has 0 spiro atoms. The van der Waals surface area contributed by atoms with Crippen LogP contribution in [-0.4, -0.2) is 49.9 Å².